The molecule has 4 heteroatoms. The van der Waals surface area contributed by atoms with E-state index in [2.05, 4.69) is 13.8 Å². The minimum Gasteiger partial charge on any atom is -0.352 e. The summed E-state index contributed by atoms with van der Waals surface area (Å²) < 4.78 is 23.3. The number of ether oxygens (including phenoxy) is 4. The van der Waals surface area contributed by atoms with Gasteiger partial charge in [-0.1, -0.05) is 39.5 Å². The molecule has 0 saturated carbocycles. The van der Waals surface area contributed by atoms with Gasteiger partial charge in [0.15, 0.2) is 12.6 Å². The summed E-state index contributed by atoms with van der Waals surface area (Å²) in [7, 11) is 0. The second-order valence-corrected chi connectivity index (χ2v) is 6.40. The molecule has 21 heavy (non-hydrogen) atoms. The monoisotopic (exact) mass is 300 g/mol. The van der Waals surface area contributed by atoms with Crippen LogP contribution in [0, 0.1) is 11.8 Å². The Morgan fingerprint density at radius 2 is 1.38 bits per heavy atom. The van der Waals surface area contributed by atoms with Crippen molar-refractivity contribution in [1.29, 1.82) is 0 Å². The standard InChI is InChI=1S/C17H32O4/c1-3-5-7-8-14-10-20-17(21-11-14)15-12-18-16(19-13-15)9-6-4-2/h14-17H,3-13H2,1-2H3/t14-,15-,16-,17-. The van der Waals surface area contributed by atoms with Crippen molar-refractivity contribution >= 4 is 0 Å². The fraction of sp³-hybridized carbons (Fsp3) is 1.00. The van der Waals surface area contributed by atoms with Gasteiger partial charge in [0.1, 0.15) is 0 Å². The molecule has 2 aliphatic rings. The number of unbranched alkanes of at least 4 members (excludes halogenated alkanes) is 3. The highest BCUT2D eigenvalue weighted by molar-refractivity contribution is 4.72. The van der Waals surface area contributed by atoms with Gasteiger partial charge in [-0.05, 0) is 19.3 Å². The van der Waals surface area contributed by atoms with Crippen molar-refractivity contribution in [2.24, 2.45) is 11.8 Å². The largest absolute Gasteiger partial charge is 0.352 e. The molecule has 2 rings (SSSR count). The van der Waals surface area contributed by atoms with E-state index in [9.17, 15) is 0 Å². The lowest BCUT2D eigenvalue weighted by Gasteiger charge is -2.37. The van der Waals surface area contributed by atoms with Crippen molar-refractivity contribution in [2.75, 3.05) is 26.4 Å². The summed E-state index contributed by atoms with van der Waals surface area (Å²) in [5.41, 5.74) is 0. The Morgan fingerprint density at radius 1 is 0.714 bits per heavy atom. The van der Waals surface area contributed by atoms with Crippen LogP contribution in [0.5, 0.6) is 0 Å². The van der Waals surface area contributed by atoms with Gasteiger partial charge in [-0.3, -0.25) is 0 Å². The number of rotatable bonds is 8. The summed E-state index contributed by atoms with van der Waals surface area (Å²) in [5.74, 6) is 0.787. The van der Waals surface area contributed by atoms with Gasteiger partial charge in [-0.15, -0.1) is 0 Å². The van der Waals surface area contributed by atoms with Crippen molar-refractivity contribution in [3.8, 4) is 0 Å². The molecule has 2 aliphatic heterocycles. The second-order valence-electron chi connectivity index (χ2n) is 6.40. The quantitative estimate of drug-likeness (QED) is 0.640. The maximum absolute atomic E-state index is 5.89. The first-order valence-electron chi connectivity index (χ1n) is 8.79. The van der Waals surface area contributed by atoms with Crippen LogP contribution in [0.25, 0.3) is 0 Å². The Bertz CT molecular complexity index is 256. The van der Waals surface area contributed by atoms with Crippen LogP contribution in [0.3, 0.4) is 0 Å². The minimum absolute atomic E-state index is 0.0217. The molecule has 2 fully saturated rings. The van der Waals surface area contributed by atoms with Crippen molar-refractivity contribution in [3.63, 3.8) is 0 Å². The first-order valence-corrected chi connectivity index (χ1v) is 8.79. The Labute approximate surface area is 129 Å². The Morgan fingerprint density at radius 3 is 2.00 bits per heavy atom. The fourth-order valence-electron chi connectivity index (χ4n) is 2.93. The molecule has 4 nitrogen and oxygen atoms in total. The summed E-state index contributed by atoms with van der Waals surface area (Å²) >= 11 is 0. The van der Waals surface area contributed by atoms with Crippen LogP contribution in [-0.4, -0.2) is 39.0 Å². The summed E-state index contributed by atoms with van der Waals surface area (Å²) in [4.78, 5) is 0. The lowest BCUT2D eigenvalue weighted by Crippen LogP contribution is -2.44. The summed E-state index contributed by atoms with van der Waals surface area (Å²) in [6, 6.07) is 0. The molecule has 124 valence electrons. The summed E-state index contributed by atoms with van der Waals surface area (Å²) in [6.45, 7) is 7.46. The molecule has 2 heterocycles. The van der Waals surface area contributed by atoms with E-state index < -0.39 is 0 Å². The third-order valence-corrected chi connectivity index (χ3v) is 4.38. The molecule has 0 spiro atoms. The highest BCUT2D eigenvalue weighted by atomic mass is 16.7. The van der Waals surface area contributed by atoms with E-state index in [1.807, 2.05) is 0 Å². The highest BCUT2D eigenvalue weighted by Gasteiger charge is 2.33. The van der Waals surface area contributed by atoms with Crippen LogP contribution in [-0.2, 0) is 18.9 Å². The lowest BCUT2D eigenvalue weighted by atomic mass is 10.0. The topological polar surface area (TPSA) is 36.9 Å². The Hall–Kier alpha value is -0.160. The molecule has 0 radical (unpaired) electrons. The molecule has 0 aromatic carbocycles. The van der Waals surface area contributed by atoms with E-state index in [0.717, 1.165) is 26.1 Å². The zero-order valence-electron chi connectivity index (χ0n) is 13.7. The number of hydrogen-bond acceptors (Lipinski definition) is 4. The van der Waals surface area contributed by atoms with Gasteiger partial charge in [0.2, 0.25) is 0 Å². The Kier molecular flexibility index (Phi) is 8.01. The third-order valence-electron chi connectivity index (χ3n) is 4.38. The van der Waals surface area contributed by atoms with Gasteiger partial charge in [-0.2, -0.15) is 0 Å². The molecule has 0 aromatic rings. The molecule has 0 aliphatic carbocycles. The first kappa shape index (κ1) is 17.2. The molecule has 0 N–H and O–H groups in total. The average molecular weight is 300 g/mol. The van der Waals surface area contributed by atoms with Crippen molar-refractivity contribution < 1.29 is 18.9 Å². The molecular formula is C17H32O4. The first-order chi connectivity index (χ1) is 10.3. The van der Waals surface area contributed by atoms with Crippen LogP contribution in [0.15, 0.2) is 0 Å². The van der Waals surface area contributed by atoms with E-state index in [4.69, 9.17) is 18.9 Å². The molecule has 0 unspecified atom stereocenters. The molecule has 2 saturated heterocycles. The molecule has 0 bridgehead atoms. The lowest BCUT2D eigenvalue weighted by molar-refractivity contribution is -0.281. The van der Waals surface area contributed by atoms with Crippen LogP contribution >= 0.6 is 0 Å². The highest BCUT2D eigenvalue weighted by Crippen LogP contribution is 2.25. The zero-order valence-corrected chi connectivity index (χ0v) is 13.7. The van der Waals surface area contributed by atoms with E-state index in [1.54, 1.807) is 0 Å². The van der Waals surface area contributed by atoms with Gasteiger partial charge < -0.3 is 18.9 Å². The van der Waals surface area contributed by atoms with Gasteiger partial charge >= 0.3 is 0 Å². The molecule has 0 atom stereocenters. The van der Waals surface area contributed by atoms with Crippen molar-refractivity contribution in [2.45, 2.75) is 71.4 Å². The molecule has 0 amide bonds. The van der Waals surface area contributed by atoms with Crippen LogP contribution in [0.1, 0.15) is 58.8 Å². The van der Waals surface area contributed by atoms with E-state index in [1.165, 1.54) is 32.1 Å². The smallest absolute Gasteiger partial charge is 0.164 e. The van der Waals surface area contributed by atoms with Crippen LogP contribution < -0.4 is 0 Å². The SMILES string of the molecule is CCCCC[C@H]1CO[C@H]([C@H]2CO[C@H](CCCC)OC2)OC1. The van der Waals surface area contributed by atoms with E-state index in [-0.39, 0.29) is 18.5 Å². The molecule has 0 aromatic heterocycles. The Balaban J connectivity index is 1.60. The normalized spacial score (nSPS) is 34.0. The second kappa shape index (κ2) is 9.78. The van der Waals surface area contributed by atoms with Crippen LogP contribution in [0.4, 0.5) is 0 Å². The van der Waals surface area contributed by atoms with E-state index >= 15 is 0 Å². The van der Waals surface area contributed by atoms with Gasteiger partial charge in [0, 0.05) is 5.92 Å². The fourth-order valence-corrected chi connectivity index (χ4v) is 2.93. The summed E-state index contributed by atoms with van der Waals surface area (Å²) in [5, 5.41) is 0. The molecular weight excluding hydrogens is 268 g/mol. The van der Waals surface area contributed by atoms with E-state index in [0.29, 0.717) is 19.1 Å². The van der Waals surface area contributed by atoms with Crippen molar-refractivity contribution in [3.05, 3.63) is 0 Å². The maximum Gasteiger partial charge on any atom is 0.164 e. The predicted molar refractivity (Wildman–Crippen MR) is 82.0 cm³/mol. The minimum atomic E-state index is -0.139. The van der Waals surface area contributed by atoms with Crippen molar-refractivity contribution in [1.82, 2.24) is 0 Å². The van der Waals surface area contributed by atoms with Gasteiger partial charge in [-0.25, -0.2) is 0 Å². The zero-order chi connectivity index (χ0) is 14.9. The number of hydrogen-bond donors (Lipinski definition) is 0. The summed E-state index contributed by atoms with van der Waals surface area (Å²) in [6.07, 6.45) is 8.26. The maximum atomic E-state index is 5.89. The van der Waals surface area contributed by atoms with Crippen LogP contribution in [0.2, 0.25) is 0 Å². The van der Waals surface area contributed by atoms with Gasteiger partial charge in [0.25, 0.3) is 0 Å². The predicted octanol–water partition coefficient (Wildman–Crippen LogP) is 3.74. The van der Waals surface area contributed by atoms with Gasteiger partial charge in [0.05, 0.1) is 32.3 Å². The average Bonchev–Trinajstić information content (AvgIpc) is 2.54. The third kappa shape index (κ3) is 5.85.